The standard InChI is InChI=1S/C5H4BrClF2O/c1-2-3-10-5(8,9)4(6)7/h1,4H,3H2. The first kappa shape index (κ1) is 10.2. The van der Waals surface area contributed by atoms with Gasteiger partial charge in [0.1, 0.15) is 6.61 Å². The minimum atomic E-state index is -3.41. The Hall–Kier alpha value is 0.150. The Kier molecular flexibility index (Phi) is 4.18. The minimum absolute atomic E-state index is 0.457. The fraction of sp³-hybridized carbons (Fsp3) is 0.600. The molecule has 1 nitrogen and oxygen atoms in total. The first-order valence-corrected chi connectivity index (χ1v) is 3.59. The van der Waals surface area contributed by atoms with E-state index in [1.165, 1.54) is 0 Å². The van der Waals surface area contributed by atoms with Gasteiger partial charge in [-0.1, -0.05) is 21.9 Å². The maximum absolute atomic E-state index is 12.2. The lowest BCUT2D eigenvalue weighted by atomic mass is 10.7. The lowest BCUT2D eigenvalue weighted by molar-refractivity contribution is -0.217. The molecule has 0 saturated carbocycles. The molecule has 0 aromatic heterocycles. The van der Waals surface area contributed by atoms with Gasteiger partial charge in [-0.3, -0.25) is 0 Å². The normalized spacial score (nSPS) is 14.3. The number of terminal acetylenes is 1. The van der Waals surface area contributed by atoms with E-state index < -0.39 is 17.0 Å². The van der Waals surface area contributed by atoms with Gasteiger partial charge in [-0.25, -0.2) is 0 Å². The second-order valence-corrected chi connectivity index (χ2v) is 3.23. The summed E-state index contributed by atoms with van der Waals surface area (Å²) in [7, 11) is 0. The molecule has 0 bridgehead atoms. The predicted octanol–water partition coefficient (Wildman–Crippen LogP) is 2.19. The molecular formula is C5H4BrClF2O. The van der Waals surface area contributed by atoms with Gasteiger partial charge in [0.25, 0.3) is 0 Å². The number of alkyl halides is 4. The molecule has 0 aromatic carbocycles. The SMILES string of the molecule is C#CCOC(F)(F)C(Cl)Br. The van der Waals surface area contributed by atoms with Gasteiger partial charge in [0.2, 0.25) is 0 Å². The van der Waals surface area contributed by atoms with Crippen molar-refractivity contribution in [3.63, 3.8) is 0 Å². The molecule has 0 aliphatic heterocycles. The maximum atomic E-state index is 12.2. The fourth-order valence-corrected chi connectivity index (χ4v) is 0.396. The Morgan fingerprint density at radius 2 is 2.30 bits per heavy atom. The van der Waals surface area contributed by atoms with Gasteiger partial charge in [-0.15, -0.1) is 18.0 Å². The molecule has 0 rings (SSSR count). The van der Waals surface area contributed by atoms with Crippen LogP contribution in [0.4, 0.5) is 8.78 Å². The zero-order valence-electron chi connectivity index (χ0n) is 4.78. The van der Waals surface area contributed by atoms with Crippen LogP contribution in [0.1, 0.15) is 0 Å². The predicted molar refractivity (Wildman–Crippen MR) is 38.3 cm³/mol. The number of rotatable bonds is 3. The average Bonchev–Trinajstić information content (AvgIpc) is 1.84. The lowest BCUT2D eigenvalue weighted by Gasteiger charge is -2.15. The number of halogens is 4. The van der Waals surface area contributed by atoms with Crippen LogP contribution < -0.4 is 0 Å². The maximum Gasteiger partial charge on any atom is 0.382 e. The summed E-state index contributed by atoms with van der Waals surface area (Å²) >= 11 is 7.43. The third kappa shape index (κ3) is 3.35. The summed E-state index contributed by atoms with van der Waals surface area (Å²) in [6, 6.07) is 0. The molecule has 1 atom stereocenters. The van der Waals surface area contributed by atoms with E-state index in [0.29, 0.717) is 0 Å². The second kappa shape index (κ2) is 4.12. The zero-order valence-corrected chi connectivity index (χ0v) is 7.12. The first-order valence-electron chi connectivity index (χ1n) is 2.24. The van der Waals surface area contributed by atoms with Crippen LogP contribution in [0.2, 0.25) is 0 Å². The highest BCUT2D eigenvalue weighted by Crippen LogP contribution is 2.28. The molecule has 0 spiro atoms. The molecule has 0 N–H and O–H groups in total. The van der Waals surface area contributed by atoms with Crippen molar-refractivity contribution in [2.24, 2.45) is 0 Å². The van der Waals surface area contributed by atoms with E-state index in [4.69, 9.17) is 11.6 Å². The summed E-state index contributed by atoms with van der Waals surface area (Å²) in [5, 5.41) is 0. The molecule has 0 saturated heterocycles. The van der Waals surface area contributed by atoms with Gasteiger partial charge in [-0.2, -0.15) is 8.78 Å². The van der Waals surface area contributed by atoms with Gasteiger partial charge in [0.05, 0.1) is 0 Å². The summed E-state index contributed by atoms with van der Waals surface area (Å²) in [4.78, 5) is 0. The molecule has 0 aliphatic rings. The van der Waals surface area contributed by atoms with Crippen molar-refractivity contribution in [2.75, 3.05) is 6.61 Å². The van der Waals surface area contributed by atoms with Crippen molar-refractivity contribution in [3.8, 4) is 12.3 Å². The van der Waals surface area contributed by atoms with Gasteiger partial charge in [0, 0.05) is 0 Å². The Balaban J connectivity index is 3.77. The summed E-state index contributed by atoms with van der Waals surface area (Å²) in [6.45, 7) is -0.457. The molecule has 58 valence electrons. The van der Waals surface area contributed by atoms with Crippen molar-refractivity contribution in [1.82, 2.24) is 0 Å². The summed E-state index contributed by atoms with van der Waals surface area (Å²) in [5.74, 6) is 1.90. The second-order valence-electron chi connectivity index (χ2n) is 1.36. The van der Waals surface area contributed by atoms with Crippen LogP contribution in [0.25, 0.3) is 0 Å². The lowest BCUT2D eigenvalue weighted by Crippen LogP contribution is -2.28. The van der Waals surface area contributed by atoms with Crippen LogP contribution in [0.5, 0.6) is 0 Å². The van der Waals surface area contributed by atoms with E-state index in [2.05, 4.69) is 27.1 Å². The zero-order chi connectivity index (χ0) is 8.20. The highest BCUT2D eigenvalue weighted by Gasteiger charge is 2.37. The van der Waals surface area contributed by atoms with E-state index in [-0.39, 0.29) is 0 Å². The Morgan fingerprint density at radius 1 is 1.80 bits per heavy atom. The Morgan fingerprint density at radius 3 is 2.60 bits per heavy atom. The van der Waals surface area contributed by atoms with Crippen molar-refractivity contribution in [1.29, 1.82) is 0 Å². The molecule has 10 heavy (non-hydrogen) atoms. The van der Waals surface area contributed by atoms with Crippen LogP contribution in [-0.2, 0) is 4.74 Å². The summed E-state index contributed by atoms with van der Waals surface area (Å²) in [5.41, 5.74) is 0. The van der Waals surface area contributed by atoms with Crippen LogP contribution >= 0.6 is 27.5 Å². The van der Waals surface area contributed by atoms with E-state index in [0.717, 1.165) is 0 Å². The number of hydrogen-bond acceptors (Lipinski definition) is 1. The topological polar surface area (TPSA) is 9.23 Å². The van der Waals surface area contributed by atoms with Gasteiger partial charge in [0.15, 0.2) is 4.29 Å². The molecule has 1 unspecified atom stereocenters. The average molecular weight is 233 g/mol. The monoisotopic (exact) mass is 232 g/mol. The first-order chi connectivity index (χ1) is 4.50. The molecule has 0 fully saturated rings. The molecule has 0 radical (unpaired) electrons. The van der Waals surface area contributed by atoms with Gasteiger partial charge in [-0.05, 0) is 0 Å². The van der Waals surface area contributed by atoms with Crippen LogP contribution in [0.3, 0.4) is 0 Å². The summed E-state index contributed by atoms with van der Waals surface area (Å²) in [6.07, 6.45) is 1.26. The minimum Gasteiger partial charge on any atom is -0.306 e. The quantitative estimate of drug-likeness (QED) is 0.536. The van der Waals surface area contributed by atoms with Crippen molar-refractivity contribution < 1.29 is 13.5 Å². The Bertz CT molecular complexity index is 143. The number of hydrogen-bond donors (Lipinski definition) is 0. The fourth-order valence-electron chi connectivity index (χ4n) is 0.201. The largest absolute Gasteiger partial charge is 0.382 e. The van der Waals surface area contributed by atoms with Gasteiger partial charge < -0.3 is 4.74 Å². The van der Waals surface area contributed by atoms with E-state index in [9.17, 15) is 8.78 Å². The Labute approximate surface area is 70.8 Å². The molecule has 0 aliphatic carbocycles. The molecule has 0 heterocycles. The van der Waals surface area contributed by atoms with Crippen molar-refractivity contribution in [2.45, 2.75) is 10.4 Å². The van der Waals surface area contributed by atoms with E-state index >= 15 is 0 Å². The van der Waals surface area contributed by atoms with E-state index in [1.807, 2.05) is 5.92 Å². The van der Waals surface area contributed by atoms with Crippen molar-refractivity contribution in [3.05, 3.63) is 0 Å². The smallest absolute Gasteiger partial charge is 0.306 e. The molecular weight excluding hydrogens is 229 g/mol. The van der Waals surface area contributed by atoms with Gasteiger partial charge >= 0.3 is 6.11 Å². The molecule has 0 aromatic rings. The number of ether oxygens (including phenoxy) is 1. The highest BCUT2D eigenvalue weighted by atomic mass is 79.9. The third-order valence-corrected chi connectivity index (χ3v) is 1.39. The van der Waals surface area contributed by atoms with Crippen LogP contribution in [-0.4, -0.2) is 17.0 Å². The summed E-state index contributed by atoms with van der Waals surface area (Å²) < 4.78 is 26.8. The molecule has 5 heteroatoms. The van der Waals surface area contributed by atoms with Crippen LogP contribution in [0, 0.1) is 12.3 Å². The molecule has 0 amide bonds. The van der Waals surface area contributed by atoms with E-state index in [1.54, 1.807) is 0 Å². The highest BCUT2D eigenvalue weighted by molar-refractivity contribution is 9.10. The third-order valence-electron chi connectivity index (χ3n) is 0.602. The van der Waals surface area contributed by atoms with Crippen LogP contribution in [0.15, 0.2) is 0 Å². The van der Waals surface area contributed by atoms with Crippen molar-refractivity contribution >= 4 is 27.5 Å².